The first kappa shape index (κ1) is 15.5. The van der Waals surface area contributed by atoms with Crippen molar-refractivity contribution in [3.05, 3.63) is 50.4 Å². The van der Waals surface area contributed by atoms with Gasteiger partial charge >= 0.3 is 0 Å². The second-order valence-corrected chi connectivity index (χ2v) is 6.81. The molecule has 0 aliphatic carbocycles. The first-order valence-corrected chi connectivity index (χ1v) is 8.05. The van der Waals surface area contributed by atoms with Crippen LogP contribution in [0, 0.1) is 12.7 Å². The molecular formula is C15H17BrFNOS. The van der Waals surface area contributed by atoms with Crippen LogP contribution in [0.2, 0.25) is 0 Å². The quantitative estimate of drug-likeness (QED) is 0.832. The van der Waals surface area contributed by atoms with Crippen LogP contribution in [-0.4, -0.2) is 6.04 Å². The topological polar surface area (TPSA) is 35.2 Å². The highest BCUT2D eigenvalue weighted by molar-refractivity contribution is 9.10. The van der Waals surface area contributed by atoms with Crippen LogP contribution < -0.4 is 10.5 Å². The van der Waals surface area contributed by atoms with Gasteiger partial charge in [0.1, 0.15) is 17.7 Å². The molecule has 0 fully saturated rings. The Labute approximate surface area is 130 Å². The van der Waals surface area contributed by atoms with E-state index in [1.807, 2.05) is 26.0 Å². The lowest BCUT2D eigenvalue weighted by Crippen LogP contribution is -2.30. The van der Waals surface area contributed by atoms with E-state index in [0.29, 0.717) is 10.2 Å². The van der Waals surface area contributed by atoms with Crippen molar-refractivity contribution in [2.24, 2.45) is 5.73 Å². The molecule has 2 N–H and O–H groups in total. The maximum atomic E-state index is 13.6. The van der Waals surface area contributed by atoms with Gasteiger partial charge in [-0.3, -0.25) is 0 Å². The summed E-state index contributed by atoms with van der Waals surface area (Å²) in [4.78, 5) is 2.28. The van der Waals surface area contributed by atoms with E-state index in [1.54, 1.807) is 23.5 Å². The summed E-state index contributed by atoms with van der Waals surface area (Å²) in [5.41, 5.74) is 6.15. The Kier molecular flexibility index (Phi) is 5.18. The van der Waals surface area contributed by atoms with Gasteiger partial charge in [-0.25, -0.2) is 4.39 Å². The summed E-state index contributed by atoms with van der Waals surface area (Å²) < 4.78 is 19.9. The standard InChI is InChI=1S/C15H17BrFNOS/c1-3-13(18)15(14-7-4-9(2)20-14)19-10-5-6-11(16)12(17)8-10/h4-8,13,15H,3,18H2,1-2H3. The number of hydrogen-bond acceptors (Lipinski definition) is 3. The van der Waals surface area contributed by atoms with Crippen LogP contribution in [0.1, 0.15) is 29.2 Å². The zero-order valence-corrected chi connectivity index (χ0v) is 13.8. The first-order chi connectivity index (χ1) is 9.51. The Morgan fingerprint density at radius 3 is 2.65 bits per heavy atom. The van der Waals surface area contributed by atoms with Crippen LogP contribution in [0.4, 0.5) is 4.39 Å². The van der Waals surface area contributed by atoms with E-state index in [2.05, 4.69) is 15.9 Å². The minimum absolute atomic E-state index is 0.125. The molecule has 0 aliphatic rings. The summed E-state index contributed by atoms with van der Waals surface area (Å²) in [5.74, 6) is 0.152. The van der Waals surface area contributed by atoms with Gasteiger partial charge in [0.2, 0.25) is 0 Å². The summed E-state index contributed by atoms with van der Waals surface area (Å²) >= 11 is 4.79. The zero-order valence-electron chi connectivity index (χ0n) is 11.4. The summed E-state index contributed by atoms with van der Waals surface area (Å²) in [6, 6.07) is 8.69. The van der Waals surface area contributed by atoms with E-state index in [0.717, 1.165) is 11.3 Å². The van der Waals surface area contributed by atoms with Crippen LogP contribution >= 0.6 is 27.3 Å². The highest BCUT2D eigenvalue weighted by Gasteiger charge is 2.22. The fourth-order valence-electron chi connectivity index (χ4n) is 1.87. The maximum Gasteiger partial charge on any atom is 0.148 e. The number of halogens is 2. The zero-order chi connectivity index (χ0) is 14.7. The fourth-order valence-corrected chi connectivity index (χ4v) is 3.10. The molecule has 2 atom stereocenters. The molecule has 2 nitrogen and oxygen atoms in total. The third-order valence-corrected chi connectivity index (χ3v) is 4.76. The van der Waals surface area contributed by atoms with E-state index in [9.17, 15) is 4.39 Å². The molecule has 0 saturated carbocycles. The van der Waals surface area contributed by atoms with Crippen molar-refractivity contribution in [2.45, 2.75) is 32.4 Å². The van der Waals surface area contributed by atoms with Crippen molar-refractivity contribution in [3.63, 3.8) is 0 Å². The van der Waals surface area contributed by atoms with Gasteiger partial charge in [-0.1, -0.05) is 6.92 Å². The summed E-state index contributed by atoms with van der Waals surface area (Å²) in [7, 11) is 0. The van der Waals surface area contributed by atoms with E-state index in [4.69, 9.17) is 10.5 Å². The number of ether oxygens (including phenoxy) is 1. The van der Waals surface area contributed by atoms with Crippen molar-refractivity contribution >= 4 is 27.3 Å². The second kappa shape index (κ2) is 6.70. The van der Waals surface area contributed by atoms with E-state index in [1.165, 1.54) is 10.9 Å². The average Bonchev–Trinajstić information content (AvgIpc) is 2.85. The smallest absolute Gasteiger partial charge is 0.148 e. The highest BCUT2D eigenvalue weighted by atomic mass is 79.9. The predicted octanol–water partition coefficient (Wildman–Crippen LogP) is 4.82. The fraction of sp³-hybridized carbons (Fsp3) is 0.333. The van der Waals surface area contributed by atoms with Crippen LogP contribution in [0.15, 0.2) is 34.8 Å². The molecule has 108 valence electrons. The lowest BCUT2D eigenvalue weighted by Gasteiger charge is -2.23. The third kappa shape index (κ3) is 3.59. The van der Waals surface area contributed by atoms with Crippen LogP contribution in [0.3, 0.4) is 0 Å². The molecule has 0 saturated heterocycles. The van der Waals surface area contributed by atoms with Gasteiger partial charge in [-0.05, 0) is 53.5 Å². The number of thiophene rings is 1. The van der Waals surface area contributed by atoms with Crippen LogP contribution in [0.25, 0.3) is 0 Å². The number of aryl methyl sites for hydroxylation is 1. The Hall–Kier alpha value is -0.910. The van der Waals surface area contributed by atoms with Gasteiger partial charge in [-0.15, -0.1) is 11.3 Å². The summed E-state index contributed by atoms with van der Waals surface area (Å²) in [6.45, 7) is 4.06. The molecule has 0 bridgehead atoms. The van der Waals surface area contributed by atoms with Crippen LogP contribution in [0.5, 0.6) is 5.75 Å². The number of benzene rings is 1. The van der Waals surface area contributed by atoms with E-state index >= 15 is 0 Å². The monoisotopic (exact) mass is 357 g/mol. The molecule has 0 aliphatic heterocycles. The van der Waals surface area contributed by atoms with Gasteiger partial charge < -0.3 is 10.5 Å². The Morgan fingerprint density at radius 2 is 2.10 bits per heavy atom. The number of rotatable bonds is 5. The molecule has 5 heteroatoms. The molecule has 20 heavy (non-hydrogen) atoms. The first-order valence-electron chi connectivity index (χ1n) is 6.45. The van der Waals surface area contributed by atoms with E-state index in [-0.39, 0.29) is 18.0 Å². The maximum absolute atomic E-state index is 13.6. The highest BCUT2D eigenvalue weighted by Crippen LogP contribution is 2.31. The molecule has 1 heterocycles. The Morgan fingerprint density at radius 1 is 1.35 bits per heavy atom. The lowest BCUT2D eigenvalue weighted by molar-refractivity contribution is 0.174. The minimum Gasteiger partial charge on any atom is -0.483 e. The van der Waals surface area contributed by atoms with Crippen LogP contribution in [-0.2, 0) is 0 Å². The van der Waals surface area contributed by atoms with Gasteiger partial charge in [0.05, 0.1) is 4.47 Å². The van der Waals surface area contributed by atoms with Crippen molar-refractivity contribution < 1.29 is 9.13 Å². The number of hydrogen-bond donors (Lipinski definition) is 1. The second-order valence-electron chi connectivity index (χ2n) is 4.63. The van der Waals surface area contributed by atoms with Crippen molar-refractivity contribution in [2.75, 3.05) is 0 Å². The van der Waals surface area contributed by atoms with Crippen molar-refractivity contribution in [1.82, 2.24) is 0 Å². The normalized spacial score (nSPS) is 14.1. The molecule has 1 aromatic carbocycles. The van der Waals surface area contributed by atoms with Gasteiger partial charge in [0.25, 0.3) is 0 Å². The minimum atomic E-state index is -0.339. The lowest BCUT2D eigenvalue weighted by atomic mass is 10.1. The van der Waals surface area contributed by atoms with E-state index < -0.39 is 0 Å². The van der Waals surface area contributed by atoms with Crippen molar-refractivity contribution in [3.8, 4) is 5.75 Å². The number of nitrogens with two attached hydrogens (primary N) is 1. The molecule has 2 rings (SSSR count). The Bertz CT molecular complexity index is 587. The van der Waals surface area contributed by atoms with Crippen molar-refractivity contribution in [1.29, 1.82) is 0 Å². The average molecular weight is 358 g/mol. The molecule has 1 aromatic heterocycles. The molecule has 0 spiro atoms. The molecule has 2 aromatic rings. The molecule has 2 unspecified atom stereocenters. The third-order valence-electron chi connectivity index (χ3n) is 3.06. The largest absolute Gasteiger partial charge is 0.483 e. The molecule has 0 radical (unpaired) electrons. The van der Waals surface area contributed by atoms with Gasteiger partial charge in [0, 0.05) is 21.9 Å². The molecule has 0 amide bonds. The molecular weight excluding hydrogens is 341 g/mol. The van der Waals surface area contributed by atoms with Gasteiger partial charge in [-0.2, -0.15) is 0 Å². The Balaban J connectivity index is 2.25. The SMILES string of the molecule is CCC(N)C(Oc1ccc(Br)c(F)c1)c1ccc(C)s1. The summed E-state index contributed by atoms with van der Waals surface area (Å²) in [5, 5.41) is 0. The predicted molar refractivity (Wildman–Crippen MR) is 84.8 cm³/mol. The summed E-state index contributed by atoms with van der Waals surface area (Å²) in [6.07, 6.45) is 0.542. The van der Waals surface area contributed by atoms with Gasteiger partial charge in [0.15, 0.2) is 0 Å².